The summed E-state index contributed by atoms with van der Waals surface area (Å²) in [5, 5.41) is 3.74. The van der Waals surface area contributed by atoms with Crippen LogP contribution in [0.3, 0.4) is 0 Å². The molecule has 0 aliphatic rings. The highest BCUT2D eigenvalue weighted by atomic mass is 32.2. The predicted molar refractivity (Wildman–Crippen MR) is 91.3 cm³/mol. The topological polar surface area (TPSA) is 42.0 Å². The summed E-state index contributed by atoms with van der Waals surface area (Å²) in [5.74, 6) is -0.0389. The lowest BCUT2D eigenvalue weighted by atomic mass is 10.2. The largest absolute Gasteiger partial charge is 0.352 e. The summed E-state index contributed by atoms with van der Waals surface area (Å²) >= 11 is 1.52. The van der Waals surface area contributed by atoms with Crippen molar-refractivity contribution in [2.75, 3.05) is 6.54 Å². The molecule has 1 heterocycles. The molecule has 0 saturated heterocycles. The number of carbonyl (C=O) groups excluding carboxylic acids is 1. The maximum absolute atomic E-state index is 12.3. The Balaban J connectivity index is 1.97. The van der Waals surface area contributed by atoms with Gasteiger partial charge in [0.15, 0.2) is 0 Å². The van der Waals surface area contributed by atoms with Gasteiger partial charge in [0.2, 0.25) is 0 Å². The van der Waals surface area contributed by atoms with E-state index in [1.54, 1.807) is 12.3 Å². The second-order valence-corrected chi connectivity index (χ2v) is 6.15. The van der Waals surface area contributed by atoms with E-state index in [1.165, 1.54) is 24.6 Å². The fourth-order valence-corrected chi connectivity index (χ4v) is 2.99. The highest BCUT2D eigenvalue weighted by Gasteiger charge is 2.12. The summed E-state index contributed by atoms with van der Waals surface area (Å²) in [4.78, 5) is 17.8. The second-order valence-electron chi connectivity index (χ2n) is 5.09. The molecule has 3 nitrogen and oxygen atoms in total. The molecule has 2 aromatic rings. The van der Waals surface area contributed by atoms with Gasteiger partial charge in [-0.05, 0) is 30.7 Å². The zero-order valence-corrected chi connectivity index (χ0v) is 13.7. The van der Waals surface area contributed by atoms with Gasteiger partial charge in [-0.3, -0.25) is 4.79 Å². The van der Waals surface area contributed by atoms with Crippen LogP contribution in [-0.4, -0.2) is 17.4 Å². The van der Waals surface area contributed by atoms with Gasteiger partial charge in [-0.2, -0.15) is 0 Å². The number of nitrogens with one attached hydrogen (secondary N) is 1. The molecular weight excluding hydrogens is 292 g/mol. The van der Waals surface area contributed by atoms with E-state index in [0.29, 0.717) is 5.56 Å². The Morgan fingerprint density at radius 3 is 2.68 bits per heavy atom. The van der Waals surface area contributed by atoms with Crippen LogP contribution in [0.25, 0.3) is 0 Å². The molecule has 0 radical (unpaired) electrons. The summed E-state index contributed by atoms with van der Waals surface area (Å²) < 4.78 is 0. The number of benzene rings is 1. The van der Waals surface area contributed by atoms with Crippen molar-refractivity contribution >= 4 is 17.7 Å². The van der Waals surface area contributed by atoms with Crippen molar-refractivity contribution in [1.29, 1.82) is 0 Å². The van der Waals surface area contributed by atoms with Crippen LogP contribution < -0.4 is 5.32 Å². The van der Waals surface area contributed by atoms with Gasteiger partial charge in [0, 0.05) is 17.6 Å². The van der Waals surface area contributed by atoms with Gasteiger partial charge in [0.1, 0.15) is 5.03 Å². The molecule has 0 aliphatic carbocycles. The zero-order chi connectivity index (χ0) is 15.6. The quantitative estimate of drug-likeness (QED) is 0.727. The molecule has 0 spiro atoms. The number of pyridine rings is 1. The molecule has 4 heteroatoms. The monoisotopic (exact) mass is 314 g/mol. The minimum atomic E-state index is -0.0389. The smallest absolute Gasteiger partial charge is 0.254 e. The molecule has 116 valence electrons. The first-order valence-corrected chi connectivity index (χ1v) is 8.59. The summed E-state index contributed by atoms with van der Waals surface area (Å²) in [6.07, 6.45) is 6.34. The van der Waals surface area contributed by atoms with Crippen LogP contribution in [0.2, 0.25) is 0 Å². The van der Waals surface area contributed by atoms with E-state index >= 15 is 0 Å². The Kier molecular flexibility index (Phi) is 6.97. The van der Waals surface area contributed by atoms with Crippen LogP contribution in [0.15, 0.2) is 58.6 Å². The van der Waals surface area contributed by atoms with Gasteiger partial charge in [-0.1, -0.05) is 56.1 Å². The van der Waals surface area contributed by atoms with Crippen LogP contribution >= 0.6 is 11.8 Å². The first-order valence-electron chi connectivity index (χ1n) is 7.77. The van der Waals surface area contributed by atoms with Gasteiger partial charge < -0.3 is 5.32 Å². The molecule has 1 aromatic heterocycles. The fraction of sp³-hybridized carbons (Fsp3) is 0.333. The Hall–Kier alpha value is -1.81. The fourth-order valence-electron chi connectivity index (χ4n) is 2.09. The highest BCUT2D eigenvalue weighted by Crippen LogP contribution is 2.28. The molecule has 0 saturated carbocycles. The number of nitrogens with zero attached hydrogens (tertiary/aromatic N) is 1. The molecule has 2 rings (SSSR count). The van der Waals surface area contributed by atoms with Gasteiger partial charge in [0.05, 0.1) is 5.56 Å². The molecule has 1 aromatic carbocycles. The third-order valence-electron chi connectivity index (χ3n) is 3.29. The number of amides is 1. The van der Waals surface area contributed by atoms with Gasteiger partial charge in [-0.25, -0.2) is 4.98 Å². The Bertz CT molecular complexity index is 587. The third kappa shape index (κ3) is 5.19. The Morgan fingerprint density at radius 1 is 1.09 bits per heavy atom. The molecule has 0 atom stereocenters. The first kappa shape index (κ1) is 16.6. The maximum Gasteiger partial charge on any atom is 0.254 e. The lowest BCUT2D eigenvalue weighted by Gasteiger charge is -2.09. The SMILES string of the molecule is CCCCCCNC(=O)c1cccnc1Sc1ccccc1. The van der Waals surface area contributed by atoms with E-state index in [0.717, 1.165) is 29.3 Å². The number of carbonyl (C=O) groups is 1. The second kappa shape index (κ2) is 9.26. The maximum atomic E-state index is 12.3. The summed E-state index contributed by atoms with van der Waals surface area (Å²) in [6, 6.07) is 13.6. The van der Waals surface area contributed by atoms with Crippen molar-refractivity contribution in [2.45, 2.75) is 42.5 Å². The standard InChI is InChI=1S/C18H22N2OS/c1-2-3-4-8-13-19-17(21)16-12-9-14-20-18(16)22-15-10-6-5-7-11-15/h5-7,9-12,14H,2-4,8,13H2,1H3,(H,19,21). The van der Waals surface area contributed by atoms with Crippen LogP contribution in [0, 0.1) is 0 Å². The molecule has 1 N–H and O–H groups in total. The molecule has 0 fully saturated rings. The van der Waals surface area contributed by atoms with Crippen molar-refractivity contribution < 1.29 is 4.79 Å². The molecule has 0 unspecified atom stereocenters. The number of unbranched alkanes of at least 4 members (excludes halogenated alkanes) is 3. The lowest BCUT2D eigenvalue weighted by Crippen LogP contribution is -2.25. The minimum absolute atomic E-state index is 0.0389. The highest BCUT2D eigenvalue weighted by molar-refractivity contribution is 7.99. The van der Waals surface area contributed by atoms with Gasteiger partial charge in [0.25, 0.3) is 5.91 Å². The summed E-state index contributed by atoms with van der Waals surface area (Å²) in [5.41, 5.74) is 0.645. The van der Waals surface area contributed by atoms with E-state index < -0.39 is 0 Å². The average Bonchev–Trinajstić information content (AvgIpc) is 2.56. The van der Waals surface area contributed by atoms with Gasteiger partial charge >= 0.3 is 0 Å². The Morgan fingerprint density at radius 2 is 1.91 bits per heavy atom. The van der Waals surface area contributed by atoms with Crippen molar-refractivity contribution in [2.24, 2.45) is 0 Å². The van der Waals surface area contributed by atoms with E-state index in [9.17, 15) is 4.79 Å². The van der Waals surface area contributed by atoms with Crippen LogP contribution in [0.1, 0.15) is 43.0 Å². The number of hydrogen-bond donors (Lipinski definition) is 1. The molecule has 0 bridgehead atoms. The lowest BCUT2D eigenvalue weighted by molar-refractivity contribution is 0.0949. The zero-order valence-electron chi connectivity index (χ0n) is 12.9. The van der Waals surface area contributed by atoms with Crippen molar-refractivity contribution in [3.63, 3.8) is 0 Å². The van der Waals surface area contributed by atoms with Crippen LogP contribution in [-0.2, 0) is 0 Å². The number of hydrogen-bond acceptors (Lipinski definition) is 3. The summed E-state index contributed by atoms with van der Waals surface area (Å²) in [7, 11) is 0. The molecule has 22 heavy (non-hydrogen) atoms. The van der Waals surface area contributed by atoms with E-state index in [1.807, 2.05) is 36.4 Å². The number of rotatable bonds is 8. The van der Waals surface area contributed by atoms with E-state index in [4.69, 9.17) is 0 Å². The van der Waals surface area contributed by atoms with Crippen LogP contribution in [0.5, 0.6) is 0 Å². The third-order valence-corrected chi connectivity index (χ3v) is 4.32. The predicted octanol–water partition coefficient (Wildman–Crippen LogP) is 4.54. The van der Waals surface area contributed by atoms with Gasteiger partial charge in [-0.15, -0.1) is 0 Å². The van der Waals surface area contributed by atoms with Crippen molar-refractivity contribution in [3.05, 3.63) is 54.2 Å². The van der Waals surface area contributed by atoms with Crippen molar-refractivity contribution in [1.82, 2.24) is 10.3 Å². The average molecular weight is 314 g/mol. The molecule has 0 aliphatic heterocycles. The Labute approximate surface area is 136 Å². The summed E-state index contributed by atoms with van der Waals surface area (Å²) in [6.45, 7) is 2.91. The minimum Gasteiger partial charge on any atom is -0.352 e. The number of aromatic nitrogens is 1. The molecular formula is C18H22N2OS. The van der Waals surface area contributed by atoms with Crippen LogP contribution in [0.4, 0.5) is 0 Å². The van der Waals surface area contributed by atoms with Crippen molar-refractivity contribution in [3.8, 4) is 0 Å². The first-order chi connectivity index (χ1) is 10.8. The molecule has 1 amide bonds. The van der Waals surface area contributed by atoms with E-state index in [2.05, 4.69) is 17.2 Å². The normalized spacial score (nSPS) is 10.4. The van der Waals surface area contributed by atoms with E-state index in [-0.39, 0.29) is 5.91 Å².